The first-order valence-corrected chi connectivity index (χ1v) is 6.33. The number of carbonyl (C=O) groups is 1. The van der Waals surface area contributed by atoms with Crippen molar-refractivity contribution in [2.45, 2.75) is 0 Å². The second-order valence-electron chi connectivity index (χ2n) is 4.34. The molecule has 0 atom stereocenters. The lowest BCUT2D eigenvalue weighted by molar-refractivity contribution is -0.384. The van der Waals surface area contributed by atoms with Gasteiger partial charge in [0.2, 0.25) is 0 Å². The van der Waals surface area contributed by atoms with Gasteiger partial charge in [0.15, 0.2) is 5.11 Å². The number of thiocarbonyl (C=S) groups is 1. The highest BCUT2D eigenvalue weighted by molar-refractivity contribution is 7.80. The van der Waals surface area contributed by atoms with Gasteiger partial charge in [-0.2, -0.15) is 0 Å². The van der Waals surface area contributed by atoms with Crippen molar-refractivity contribution in [2.75, 3.05) is 0 Å². The second kappa shape index (κ2) is 4.91. The first-order chi connectivity index (χ1) is 10.0. The quantitative estimate of drug-likeness (QED) is 0.377. The minimum Gasteiger partial charge on any atom is -0.328 e. The van der Waals surface area contributed by atoms with Crippen LogP contribution in [0, 0.1) is 10.1 Å². The fraction of sp³-hybridized carbons (Fsp3) is 0. The van der Waals surface area contributed by atoms with E-state index in [-0.39, 0.29) is 16.7 Å². The van der Waals surface area contributed by atoms with Crippen LogP contribution in [-0.4, -0.2) is 20.9 Å². The molecule has 1 aliphatic rings. The summed E-state index contributed by atoms with van der Waals surface area (Å²) in [5.74, 6) is -0.314. The average Bonchev–Trinajstić information content (AvgIpc) is 2.76. The summed E-state index contributed by atoms with van der Waals surface area (Å²) in [5.41, 5.74) is 1.49. The summed E-state index contributed by atoms with van der Waals surface area (Å²) in [6, 6.07) is 7.81. The van der Waals surface area contributed by atoms with E-state index in [2.05, 4.69) is 15.6 Å². The molecule has 0 bridgehead atoms. The Balaban J connectivity index is 2.00. The number of non-ortho nitro benzene ring substituents is 1. The van der Waals surface area contributed by atoms with Crippen molar-refractivity contribution < 1.29 is 9.72 Å². The minimum atomic E-state index is -0.455. The Kier molecular flexibility index (Phi) is 3.07. The molecule has 0 spiro atoms. The molecule has 104 valence electrons. The smallest absolute Gasteiger partial charge is 0.273 e. The van der Waals surface area contributed by atoms with Crippen LogP contribution in [0.25, 0.3) is 17.0 Å². The number of aromatic nitrogens is 1. The summed E-state index contributed by atoms with van der Waals surface area (Å²) < 4.78 is 0. The highest BCUT2D eigenvalue weighted by atomic mass is 32.1. The zero-order valence-electron chi connectivity index (χ0n) is 10.5. The molecule has 2 N–H and O–H groups in total. The third-order valence-corrected chi connectivity index (χ3v) is 3.12. The largest absolute Gasteiger partial charge is 0.328 e. The highest BCUT2D eigenvalue weighted by Crippen LogP contribution is 2.20. The monoisotopic (exact) mass is 300 g/mol. The third-order valence-electron chi connectivity index (χ3n) is 2.92. The van der Waals surface area contributed by atoms with Gasteiger partial charge in [0.1, 0.15) is 5.70 Å². The van der Waals surface area contributed by atoms with E-state index in [4.69, 9.17) is 12.2 Å². The minimum absolute atomic E-state index is 0.0117. The van der Waals surface area contributed by atoms with Crippen molar-refractivity contribution >= 4 is 45.9 Å². The van der Waals surface area contributed by atoms with Crippen LogP contribution in [0.15, 0.2) is 36.0 Å². The molecule has 1 aliphatic heterocycles. The summed E-state index contributed by atoms with van der Waals surface area (Å²) in [7, 11) is 0. The van der Waals surface area contributed by atoms with E-state index in [1.54, 1.807) is 24.3 Å². The fourth-order valence-corrected chi connectivity index (χ4v) is 2.16. The maximum absolute atomic E-state index is 11.5. The van der Waals surface area contributed by atoms with E-state index in [0.29, 0.717) is 22.3 Å². The van der Waals surface area contributed by atoms with Gasteiger partial charge in [-0.15, -0.1) is 0 Å². The van der Waals surface area contributed by atoms with Crippen molar-refractivity contribution in [1.82, 2.24) is 15.6 Å². The van der Waals surface area contributed by atoms with Gasteiger partial charge in [-0.05, 0) is 30.4 Å². The lowest BCUT2D eigenvalue weighted by Gasteiger charge is -2.00. The molecule has 0 saturated carbocycles. The van der Waals surface area contributed by atoms with Crippen molar-refractivity contribution in [1.29, 1.82) is 0 Å². The Morgan fingerprint density at radius 2 is 2.05 bits per heavy atom. The van der Waals surface area contributed by atoms with Crippen molar-refractivity contribution in [3.05, 3.63) is 51.8 Å². The van der Waals surface area contributed by atoms with Gasteiger partial charge < -0.3 is 5.32 Å². The molecule has 1 fully saturated rings. The summed E-state index contributed by atoms with van der Waals surface area (Å²) >= 11 is 4.84. The molecule has 7 nitrogen and oxygen atoms in total. The molecule has 8 heteroatoms. The van der Waals surface area contributed by atoms with Crippen molar-refractivity contribution in [3.8, 4) is 0 Å². The van der Waals surface area contributed by atoms with Crippen LogP contribution in [0.3, 0.4) is 0 Å². The van der Waals surface area contributed by atoms with Crippen LogP contribution in [0.2, 0.25) is 0 Å². The topological polar surface area (TPSA) is 97.2 Å². The highest BCUT2D eigenvalue weighted by Gasteiger charge is 2.20. The maximum Gasteiger partial charge on any atom is 0.273 e. The van der Waals surface area contributed by atoms with E-state index < -0.39 is 4.92 Å². The molecule has 0 unspecified atom stereocenters. The first-order valence-electron chi connectivity index (χ1n) is 5.92. The van der Waals surface area contributed by atoms with Crippen LogP contribution >= 0.6 is 12.2 Å². The molecule has 3 rings (SSSR count). The number of nitrogens with one attached hydrogen (secondary N) is 2. The van der Waals surface area contributed by atoms with E-state index in [0.717, 1.165) is 0 Å². The number of fused-ring (bicyclic) bond motifs is 1. The average molecular weight is 300 g/mol. The lowest BCUT2D eigenvalue weighted by atomic mass is 10.1. The number of hydrogen-bond acceptors (Lipinski definition) is 5. The normalized spacial score (nSPS) is 16.1. The van der Waals surface area contributed by atoms with Crippen LogP contribution in [0.4, 0.5) is 5.69 Å². The third kappa shape index (κ3) is 2.56. The summed E-state index contributed by atoms with van der Waals surface area (Å²) in [4.78, 5) is 26.1. The fourth-order valence-electron chi connectivity index (χ4n) is 1.95. The van der Waals surface area contributed by atoms with E-state index in [9.17, 15) is 14.9 Å². The zero-order chi connectivity index (χ0) is 15.0. The Labute approximate surface area is 123 Å². The number of benzene rings is 1. The first kappa shape index (κ1) is 13.1. The molecule has 2 heterocycles. The van der Waals surface area contributed by atoms with Crippen LogP contribution in [0.1, 0.15) is 5.69 Å². The molecule has 21 heavy (non-hydrogen) atoms. The maximum atomic E-state index is 11.5. The molecule has 1 aromatic heterocycles. The molecular formula is C13H8N4O3S. The van der Waals surface area contributed by atoms with Crippen molar-refractivity contribution in [2.24, 2.45) is 0 Å². The molecule has 2 aromatic rings. The van der Waals surface area contributed by atoms with Gasteiger partial charge in [0.05, 0.1) is 16.1 Å². The molecule has 1 amide bonds. The number of hydrogen-bond donors (Lipinski definition) is 2. The van der Waals surface area contributed by atoms with Gasteiger partial charge in [0, 0.05) is 17.5 Å². The second-order valence-corrected chi connectivity index (χ2v) is 4.74. The number of pyridine rings is 1. The van der Waals surface area contributed by atoms with Gasteiger partial charge in [-0.3, -0.25) is 20.2 Å². The number of nitrogens with zero attached hydrogens (tertiary/aromatic N) is 2. The Morgan fingerprint density at radius 1 is 1.24 bits per heavy atom. The van der Waals surface area contributed by atoms with Gasteiger partial charge in [-0.1, -0.05) is 6.07 Å². The van der Waals surface area contributed by atoms with Crippen molar-refractivity contribution in [3.63, 3.8) is 0 Å². The zero-order valence-corrected chi connectivity index (χ0v) is 11.3. The van der Waals surface area contributed by atoms with Gasteiger partial charge in [0.25, 0.3) is 11.6 Å². The molecular weight excluding hydrogens is 292 g/mol. The van der Waals surface area contributed by atoms with E-state index in [1.807, 2.05) is 0 Å². The van der Waals surface area contributed by atoms with Gasteiger partial charge in [-0.25, -0.2) is 4.98 Å². The Bertz CT molecular complexity index is 831. The number of rotatable bonds is 2. The summed E-state index contributed by atoms with van der Waals surface area (Å²) in [6.07, 6.45) is 1.56. The molecule has 0 radical (unpaired) electrons. The number of nitro benzene ring substituents is 1. The lowest BCUT2D eigenvalue weighted by Crippen LogP contribution is -2.21. The SMILES string of the molecule is O=C1NC(=S)N/C1=C\c1ccc2cc([N+](=O)[O-])ccc2n1. The Hall–Kier alpha value is -2.87. The van der Waals surface area contributed by atoms with Crippen LogP contribution in [-0.2, 0) is 4.79 Å². The number of nitro groups is 1. The number of carbonyl (C=O) groups excluding carboxylic acids is 1. The van der Waals surface area contributed by atoms with E-state index in [1.165, 1.54) is 12.1 Å². The van der Waals surface area contributed by atoms with Crippen LogP contribution in [0.5, 0.6) is 0 Å². The molecule has 1 saturated heterocycles. The summed E-state index contributed by atoms with van der Waals surface area (Å²) in [6.45, 7) is 0. The molecule has 0 aliphatic carbocycles. The molecule has 1 aromatic carbocycles. The van der Waals surface area contributed by atoms with Crippen LogP contribution < -0.4 is 10.6 Å². The predicted molar refractivity (Wildman–Crippen MR) is 80.3 cm³/mol. The summed E-state index contributed by atoms with van der Waals surface area (Å²) in [5, 5.41) is 16.8. The van der Waals surface area contributed by atoms with Gasteiger partial charge >= 0.3 is 0 Å². The Morgan fingerprint density at radius 3 is 2.71 bits per heavy atom. The number of amides is 1. The van der Waals surface area contributed by atoms with E-state index >= 15 is 0 Å². The standard InChI is InChI=1S/C13H8N4O3S/c18-12-11(15-13(21)16-12)6-8-2-1-7-5-9(17(19)20)3-4-10(7)14-8/h1-6H,(H2,15,16,18,21)/b11-6-. The predicted octanol–water partition coefficient (Wildman–Crippen LogP) is 1.49.